The number of nitrogens with one attached hydrogen (secondary N) is 1. The van der Waals surface area contributed by atoms with Gasteiger partial charge in [-0.1, -0.05) is 30.3 Å². The first-order valence-electron chi connectivity index (χ1n) is 7.99. The summed E-state index contributed by atoms with van der Waals surface area (Å²) in [5.41, 5.74) is 2.42. The molecule has 22 heavy (non-hydrogen) atoms. The third-order valence-electron chi connectivity index (χ3n) is 4.32. The highest BCUT2D eigenvalue weighted by Gasteiger charge is 2.21. The zero-order chi connectivity index (χ0) is 15.9. The van der Waals surface area contributed by atoms with Crippen molar-refractivity contribution in [2.75, 3.05) is 26.7 Å². The Bertz CT molecular complexity index is 507. The minimum absolute atomic E-state index is 0.0189. The molecule has 0 radical (unpaired) electrons. The highest BCUT2D eigenvalue weighted by Crippen LogP contribution is 2.12. The van der Waals surface area contributed by atoms with Crippen molar-refractivity contribution in [3.05, 3.63) is 48.0 Å². The van der Waals surface area contributed by atoms with Gasteiger partial charge in [-0.25, -0.2) is 4.79 Å². The molecule has 0 saturated carbocycles. The number of benzene rings is 1. The monoisotopic (exact) mass is 301 g/mol. The van der Waals surface area contributed by atoms with Gasteiger partial charge in [-0.15, -0.1) is 6.58 Å². The summed E-state index contributed by atoms with van der Waals surface area (Å²) in [7, 11) is 1.86. The number of piperidine rings is 1. The van der Waals surface area contributed by atoms with Crippen LogP contribution in [0.5, 0.6) is 0 Å². The van der Waals surface area contributed by atoms with Gasteiger partial charge in [-0.2, -0.15) is 0 Å². The maximum absolute atomic E-state index is 12.3. The Morgan fingerprint density at radius 2 is 2.09 bits per heavy atom. The summed E-state index contributed by atoms with van der Waals surface area (Å²) in [6.07, 6.45) is 3.96. The zero-order valence-corrected chi connectivity index (χ0v) is 13.7. The van der Waals surface area contributed by atoms with Crippen LogP contribution in [0.4, 0.5) is 4.79 Å². The molecule has 1 aliphatic heterocycles. The fraction of sp³-hybridized carbons (Fsp3) is 0.500. The number of amides is 2. The van der Waals surface area contributed by atoms with Crippen molar-refractivity contribution in [1.82, 2.24) is 15.1 Å². The average Bonchev–Trinajstić information content (AvgIpc) is 2.51. The summed E-state index contributed by atoms with van der Waals surface area (Å²) in [6, 6.07) is 8.50. The Labute approximate surface area is 133 Å². The molecule has 0 bridgehead atoms. The van der Waals surface area contributed by atoms with E-state index in [0.717, 1.165) is 32.5 Å². The van der Waals surface area contributed by atoms with Gasteiger partial charge < -0.3 is 10.2 Å². The number of hydrogen-bond acceptors (Lipinski definition) is 2. The van der Waals surface area contributed by atoms with Gasteiger partial charge in [-0.05, 0) is 30.9 Å². The van der Waals surface area contributed by atoms with E-state index in [4.69, 9.17) is 0 Å². The van der Waals surface area contributed by atoms with Gasteiger partial charge in [0, 0.05) is 39.3 Å². The van der Waals surface area contributed by atoms with Gasteiger partial charge in [0.1, 0.15) is 0 Å². The standard InChI is InChI=1S/C18H27N3O/c1-4-11-21-12-9-17(10-13-21)19-18(22)20(3)14-16-8-6-5-7-15(16)2/h4-8,17H,1,9-14H2,2-3H3,(H,19,22). The predicted octanol–water partition coefficient (Wildman–Crippen LogP) is 2.79. The number of rotatable bonds is 5. The van der Waals surface area contributed by atoms with E-state index in [0.29, 0.717) is 6.54 Å². The van der Waals surface area contributed by atoms with Crippen LogP contribution in [0.2, 0.25) is 0 Å². The summed E-state index contributed by atoms with van der Waals surface area (Å²) in [4.78, 5) is 16.4. The van der Waals surface area contributed by atoms with Crippen molar-refractivity contribution >= 4 is 6.03 Å². The normalized spacial score (nSPS) is 16.3. The quantitative estimate of drug-likeness (QED) is 0.849. The number of urea groups is 1. The first-order chi connectivity index (χ1) is 10.6. The van der Waals surface area contributed by atoms with E-state index in [-0.39, 0.29) is 12.1 Å². The summed E-state index contributed by atoms with van der Waals surface area (Å²) < 4.78 is 0. The Hall–Kier alpha value is -1.81. The Kier molecular flexibility index (Phi) is 6.01. The number of aryl methyl sites for hydroxylation is 1. The number of carbonyl (C=O) groups excluding carboxylic acids is 1. The molecule has 120 valence electrons. The van der Waals surface area contributed by atoms with Crippen molar-refractivity contribution in [2.24, 2.45) is 0 Å². The van der Waals surface area contributed by atoms with Crippen molar-refractivity contribution in [2.45, 2.75) is 32.4 Å². The van der Waals surface area contributed by atoms with E-state index >= 15 is 0 Å². The van der Waals surface area contributed by atoms with Crippen LogP contribution in [-0.4, -0.2) is 48.6 Å². The molecule has 1 aromatic carbocycles. The summed E-state index contributed by atoms with van der Waals surface area (Å²) in [6.45, 7) is 9.49. The van der Waals surface area contributed by atoms with Crippen LogP contribution in [0.1, 0.15) is 24.0 Å². The molecule has 1 aromatic rings. The molecule has 2 rings (SSSR count). The maximum atomic E-state index is 12.3. The van der Waals surface area contributed by atoms with Gasteiger partial charge in [-0.3, -0.25) is 4.90 Å². The number of likely N-dealkylation sites (tertiary alicyclic amines) is 1. The Morgan fingerprint density at radius 3 is 2.73 bits per heavy atom. The summed E-state index contributed by atoms with van der Waals surface area (Å²) in [5, 5.41) is 3.16. The van der Waals surface area contributed by atoms with Gasteiger partial charge in [0.25, 0.3) is 0 Å². The first-order valence-corrected chi connectivity index (χ1v) is 7.99. The SMILES string of the molecule is C=CCN1CCC(NC(=O)N(C)Cc2ccccc2C)CC1. The third kappa shape index (κ3) is 4.60. The van der Waals surface area contributed by atoms with Crippen LogP contribution in [0.15, 0.2) is 36.9 Å². The fourth-order valence-corrected chi connectivity index (χ4v) is 2.84. The summed E-state index contributed by atoms with van der Waals surface area (Å²) >= 11 is 0. The fourth-order valence-electron chi connectivity index (χ4n) is 2.84. The van der Waals surface area contributed by atoms with Gasteiger partial charge in [0.2, 0.25) is 0 Å². The minimum Gasteiger partial charge on any atom is -0.335 e. The van der Waals surface area contributed by atoms with Crippen LogP contribution < -0.4 is 5.32 Å². The van der Waals surface area contributed by atoms with Crippen LogP contribution in [0, 0.1) is 6.92 Å². The molecule has 4 heteroatoms. The molecule has 1 fully saturated rings. The van der Waals surface area contributed by atoms with Gasteiger partial charge in [0.15, 0.2) is 0 Å². The molecule has 0 aromatic heterocycles. The molecule has 4 nitrogen and oxygen atoms in total. The van der Waals surface area contributed by atoms with E-state index in [1.807, 2.05) is 25.3 Å². The lowest BCUT2D eigenvalue weighted by Gasteiger charge is -2.32. The lowest BCUT2D eigenvalue weighted by atomic mass is 10.1. The number of hydrogen-bond donors (Lipinski definition) is 1. The molecule has 1 N–H and O–H groups in total. The molecule has 0 atom stereocenters. The van der Waals surface area contributed by atoms with Crippen molar-refractivity contribution < 1.29 is 4.79 Å². The number of nitrogens with zero attached hydrogens (tertiary/aromatic N) is 2. The Balaban J connectivity index is 1.80. The maximum Gasteiger partial charge on any atom is 0.317 e. The second kappa shape index (κ2) is 7.99. The molecular formula is C18H27N3O. The molecule has 2 amide bonds. The van der Waals surface area contributed by atoms with Crippen LogP contribution >= 0.6 is 0 Å². The molecule has 0 aliphatic carbocycles. The van der Waals surface area contributed by atoms with Gasteiger partial charge >= 0.3 is 6.03 Å². The molecule has 1 aliphatic rings. The highest BCUT2D eigenvalue weighted by molar-refractivity contribution is 5.74. The van der Waals surface area contributed by atoms with Crippen molar-refractivity contribution in [3.8, 4) is 0 Å². The largest absolute Gasteiger partial charge is 0.335 e. The van der Waals surface area contributed by atoms with E-state index in [1.165, 1.54) is 11.1 Å². The first kappa shape index (κ1) is 16.6. The van der Waals surface area contributed by atoms with Crippen LogP contribution in [-0.2, 0) is 6.54 Å². The van der Waals surface area contributed by atoms with Crippen molar-refractivity contribution in [3.63, 3.8) is 0 Å². The van der Waals surface area contributed by atoms with Crippen molar-refractivity contribution in [1.29, 1.82) is 0 Å². The molecule has 1 saturated heterocycles. The van der Waals surface area contributed by atoms with E-state index in [9.17, 15) is 4.79 Å². The summed E-state index contributed by atoms with van der Waals surface area (Å²) in [5.74, 6) is 0. The van der Waals surface area contributed by atoms with Gasteiger partial charge in [0.05, 0.1) is 0 Å². The molecule has 0 unspecified atom stereocenters. The number of carbonyl (C=O) groups is 1. The minimum atomic E-state index is 0.0189. The topological polar surface area (TPSA) is 35.6 Å². The molecular weight excluding hydrogens is 274 g/mol. The Morgan fingerprint density at radius 1 is 1.41 bits per heavy atom. The van der Waals surface area contributed by atoms with Crippen LogP contribution in [0.3, 0.4) is 0 Å². The highest BCUT2D eigenvalue weighted by atomic mass is 16.2. The zero-order valence-electron chi connectivity index (χ0n) is 13.7. The van der Waals surface area contributed by atoms with E-state index < -0.39 is 0 Å². The third-order valence-corrected chi connectivity index (χ3v) is 4.32. The van der Waals surface area contributed by atoms with E-state index in [1.54, 1.807) is 4.90 Å². The smallest absolute Gasteiger partial charge is 0.317 e. The molecule has 0 spiro atoms. The van der Waals surface area contributed by atoms with E-state index in [2.05, 4.69) is 35.9 Å². The van der Waals surface area contributed by atoms with Crippen LogP contribution in [0.25, 0.3) is 0 Å². The second-order valence-corrected chi connectivity index (χ2v) is 6.10. The average molecular weight is 301 g/mol. The predicted molar refractivity (Wildman–Crippen MR) is 90.8 cm³/mol. The molecule has 1 heterocycles. The lowest BCUT2D eigenvalue weighted by molar-refractivity contribution is 0.183. The second-order valence-electron chi connectivity index (χ2n) is 6.10. The lowest BCUT2D eigenvalue weighted by Crippen LogP contribution is -2.48.